The number of nitrogens with one attached hydrogen (secondary N) is 1. The minimum atomic E-state index is -1.13. The minimum absolute atomic E-state index is 0.0938. The number of nitro groups is 1. The van der Waals surface area contributed by atoms with Gasteiger partial charge in [-0.1, -0.05) is 48.5 Å². The lowest BCUT2D eigenvalue weighted by atomic mass is 9.95. The van der Waals surface area contributed by atoms with Crippen LogP contribution in [0, 0.1) is 10.1 Å². The van der Waals surface area contributed by atoms with Gasteiger partial charge in [-0.3, -0.25) is 14.9 Å². The molecular weight excluding hydrogens is 508 g/mol. The fourth-order valence-electron chi connectivity index (χ4n) is 4.53. The second-order valence-electron chi connectivity index (χ2n) is 9.05. The van der Waals surface area contributed by atoms with Crippen molar-refractivity contribution in [1.29, 1.82) is 0 Å². The molecule has 5 rings (SSSR count). The van der Waals surface area contributed by atoms with Gasteiger partial charge in [0.1, 0.15) is 24.0 Å². The van der Waals surface area contributed by atoms with Crippen LogP contribution in [0.1, 0.15) is 29.1 Å². The molecule has 0 bridgehead atoms. The van der Waals surface area contributed by atoms with Crippen molar-refractivity contribution in [2.75, 3.05) is 6.61 Å². The van der Waals surface area contributed by atoms with Gasteiger partial charge >= 0.3 is 5.97 Å². The topological polar surface area (TPSA) is 135 Å². The predicted octanol–water partition coefficient (Wildman–Crippen LogP) is 3.54. The van der Waals surface area contributed by atoms with Crippen molar-refractivity contribution in [1.82, 2.24) is 5.32 Å². The molecule has 0 spiro atoms. The summed E-state index contributed by atoms with van der Waals surface area (Å²) in [6.07, 6.45) is -4.44. The van der Waals surface area contributed by atoms with E-state index in [1.54, 1.807) is 30.3 Å². The normalized spacial score (nSPS) is 26.1. The Hall–Kier alpha value is -4.32. The lowest BCUT2D eigenvalue weighted by Gasteiger charge is -2.48. The molecule has 6 atom stereocenters. The molecule has 202 valence electrons. The summed E-state index contributed by atoms with van der Waals surface area (Å²) in [5.74, 6) is -0.767. The summed E-state index contributed by atoms with van der Waals surface area (Å²) in [5.41, 5.74) is 0.979. The Kier molecular flexibility index (Phi) is 7.82. The number of hydrogen-bond donors (Lipinski definition) is 1. The molecule has 2 heterocycles. The van der Waals surface area contributed by atoms with E-state index in [1.165, 1.54) is 31.2 Å². The van der Waals surface area contributed by atoms with Crippen molar-refractivity contribution in [3.63, 3.8) is 0 Å². The molecule has 0 saturated carbocycles. The number of amides is 1. The Morgan fingerprint density at radius 2 is 1.62 bits per heavy atom. The monoisotopic (exact) mass is 534 g/mol. The van der Waals surface area contributed by atoms with Crippen LogP contribution in [0.2, 0.25) is 0 Å². The van der Waals surface area contributed by atoms with E-state index in [2.05, 4.69) is 5.32 Å². The van der Waals surface area contributed by atoms with Crippen molar-refractivity contribution >= 4 is 17.6 Å². The number of esters is 1. The van der Waals surface area contributed by atoms with E-state index in [4.69, 9.17) is 23.7 Å². The number of ether oxygens (including phenoxy) is 5. The lowest BCUT2D eigenvalue weighted by Crippen LogP contribution is -2.68. The second-order valence-corrected chi connectivity index (χ2v) is 9.05. The third-order valence-corrected chi connectivity index (χ3v) is 6.33. The van der Waals surface area contributed by atoms with E-state index in [-0.39, 0.29) is 18.0 Å². The maximum Gasteiger partial charge on any atom is 0.338 e. The maximum atomic E-state index is 13.2. The van der Waals surface area contributed by atoms with Crippen LogP contribution in [0.4, 0.5) is 5.69 Å². The van der Waals surface area contributed by atoms with Crippen molar-refractivity contribution in [2.24, 2.45) is 0 Å². The summed E-state index contributed by atoms with van der Waals surface area (Å²) in [4.78, 5) is 36.0. The Labute approximate surface area is 223 Å². The maximum absolute atomic E-state index is 13.2. The van der Waals surface area contributed by atoms with Gasteiger partial charge in [-0.15, -0.1) is 0 Å². The summed E-state index contributed by atoms with van der Waals surface area (Å²) in [7, 11) is 0. The zero-order chi connectivity index (χ0) is 27.4. The quantitative estimate of drug-likeness (QED) is 0.274. The molecule has 3 aromatic rings. The summed E-state index contributed by atoms with van der Waals surface area (Å²) in [5, 5.41) is 13.8. The van der Waals surface area contributed by atoms with Crippen molar-refractivity contribution in [3.8, 4) is 5.75 Å². The fourth-order valence-corrected chi connectivity index (χ4v) is 4.53. The molecule has 6 unspecified atom stereocenters. The van der Waals surface area contributed by atoms with Crippen LogP contribution < -0.4 is 10.1 Å². The molecule has 0 radical (unpaired) electrons. The average molecular weight is 535 g/mol. The summed E-state index contributed by atoms with van der Waals surface area (Å²) in [6.45, 7) is 1.42. The molecule has 2 saturated heterocycles. The van der Waals surface area contributed by atoms with E-state index in [1.807, 2.05) is 30.3 Å². The van der Waals surface area contributed by atoms with Gasteiger partial charge in [0.25, 0.3) is 5.69 Å². The molecule has 2 aliphatic rings. The Balaban J connectivity index is 1.46. The highest BCUT2D eigenvalue weighted by Crippen LogP contribution is 2.36. The molecule has 3 aromatic carbocycles. The third-order valence-electron chi connectivity index (χ3n) is 6.33. The average Bonchev–Trinajstić information content (AvgIpc) is 2.95. The van der Waals surface area contributed by atoms with Crippen molar-refractivity contribution in [3.05, 3.63) is 106 Å². The SMILES string of the molecule is CC(=O)NC1C(Oc2ccc([N+](=O)[O-])cc2)OC2COC(c3ccccc3)OC2C1OC(=O)c1ccccc1. The molecule has 0 aromatic heterocycles. The van der Waals surface area contributed by atoms with Gasteiger partial charge < -0.3 is 29.0 Å². The first kappa shape index (κ1) is 26.3. The highest BCUT2D eigenvalue weighted by Gasteiger charge is 2.53. The van der Waals surface area contributed by atoms with Gasteiger partial charge in [0.2, 0.25) is 12.2 Å². The Bertz CT molecular complexity index is 1300. The molecule has 1 amide bonds. The number of benzene rings is 3. The molecule has 1 N–H and O–H groups in total. The van der Waals surface area contributed by atoms with Crippen LogP contribution in [0.25, 0.3) is 0 Å². The summed E-state index contributed by atoms with van der Waals surface area (Å²) in [6, 6.07) is 22.2. The van der Waals surface area contributed by atoms with Gasteiger partial charge in [-0.05, 0) is 24.3 Å². The smallest absolute Gasteiger partial charge is 0.338 e. The zero-order valence-corrected chi connectivity index (χ0v) is 20.9. The van der Waals surface area contributed by atoms with Crippen LogP contribution >= 0.6 is 0 Å². The predicted molar refractivity (Wildman–Crippen MR) is 136 cm³/mol. The number of carbonyl (C=O) groups is 2. The summed E-state index contributed by atoms with van der Waals surface area (Å²) >= 11 is 0. The van der Waals surface area contributed by atoms with E-state index < -0.39 is 53.7 Å². The van der Waals surface area contributed by atoms with E-state index in [0.717, 1.165) is 5.56 Å². The van der Waals surface area contributed by atoms with Gasteiger partial charge in [-0.2, -0.15) is 0 Å². The number of carbonyl (C=O) groups excluding carboxylic acids is 2. The number of non-ortho nitro benzene ring substituents is 1. The minimum Gasteiger partial charge on any atom is -0.463 e. The van der Waals surface area contributed by atoms with E-state index in [0.29, 0.717) is 5.56 Å². The van der Waals surface area contributed by atoms with Crippen molar-refractivity contribution in [2.45, 2.75) is 43.9 Å². The van der Waals surface area contributed by atoms with Gasteiger partial charge in [0, 0.05) is 24.6 Å². The van der Waals surface area contributed by atoms with Crippen LogP contribution in [-0.2, 0) is 23.7 Å². The molecular formula is C28H26N2O9. The molecule has 11 nitrogen and oxygen atoms in total. The lowest BCUT2D eigenvalue weighted by molar-refractivity contribution is -0.384. The number of nitro benzene ring substituents is 1. The van der Waals surface area contributed by atoms with Crippen LogP contribution in [0.3, 0.4) is 0 Å². The van der Waals surface area contributed by atoms with Gasteiger partial charge in [0.05, 0.1) is 17.1 Å². The second kappa shape index (κ2) is 11.6. The Morgan fingerprint density at radius 1 is 0.949 bits per heavy atom. The molecule has 39 heavy (non-hydrogen) atoms. The number of hydrogen-bond acceptors (Lipinski definition) is 9. The standard InChI is InChI=1S/C28H26N2O9/c1-17(31)29-23-25(38-26(32)18-8-4-2-5-9-18)24-22(16-35-27(39-24)19-10-6-3-7-11-19)37-28(23)36-21-14-12-20(13-15-21)30(33)34/h2-15,22-25,27-28H,16H2,1H3,(H,29,31). The number of fused-ring (bicyclic) bond motifs is 1. The first-order chi connectivity index (χ1) is 18.9. The van der Waals surface area contributed by atoms with Crippen LogP contribution in [-0.4, -0.2) is 54.1 Å². The first-order valence-electron chi connectivity index (χ1n) is 12.3. The van der Waals surface area contributed by atoms with E-state index in [9.17, 15) is 19.7 Å². The molecule has 2 fully saturated rings. The van der Waals surface area contributed by atoms with Crippen LogP contribution in [0.5, 0.6) is 5.75 Å². The highest BCUT2D eigenvalue weighted by molar-refractivity contribution is 5.89. The molecule has 2 aliphatic heterocycles. The van der Waals surface area contributed by atoms with Gasteiger partial charge in [0.15, 0.2) is 12.4 Å². The number of rotatable bonds is 7. The Morgan fingerprint density at radius 3 is 2.26 bits per heavy atom. The highest BCUT2D eigenvalue weighted by atomic mass is 16.8. The molecule has 0 aliphatic carbocycles. The summed E-state index contributed by atoms with van der Waals surface area (Å²) < 4.78 is 30.4. The van der Waals surface area contributed by atoms with Crippen LogP contribution in [0.15, 0.2) is 84.9 Å². The third kappa shape index (κ3) is 6.06. The largest absolute Gasteiger partial charge is 0.463 e. The first-order valence-corrected chi connectivity index (χ1v) is 12.3. The fraction of sp³-hybridized carbons (Fsp3) is 0.286. The van der Waals surface area contributed by atoms with Gasteiger partial charge in [-0.25, -0.2) is 4.79 Å². The molecule has 11 heteroatoms. The van der Waals surface area contributed by atoms with Crippen molar-refractivity contribution < 1.29 is 38.2 Å². The zero-order valence-electron chi connectivity index (χ0n) is 20.9. The number of nitrogens with zero attached hydrogens (tertiary/aromatic N) is 1. The van der Waals surface area contributed by atoms with E-state index >= 15 is 0 Å².